The van der Waals surface area contributed by atoms with Gasteiger partial charge in [-0.3, -0.25) is 4.79 Å². The van der Waals surface area contributed by atoms with E-state index in [1.54, 1.807) is 0 Å². The number of rotatable bonds is 2. The lowest BCUT2D eigenvalue weighted by Gasteiger charge is -2.12. The fourth-order valence-electron chi connectivity index (χ4n) is 1.12. The molecule has 1 amide bonds. The number of carbonyl (C=O) groups is 1. The second-order valence-electron chi connectivity index (χ2n) is 2.79. The maximum atomic E-state index is 11.3. The molecule has 1 aliphatic heterocycles. The van der Waals surface area contributed by atoms with Crippen LogP contribution >= 0.6 is 0 Å². The van der Waals surface area contributed by atoms with E-state index in [4.69, 9.17) is 10.00 Å². The third kappa shape index (κ3) is 3.40. The van der Waals surface area contributed by atoms with E-state index < -0.39 is 6.10 Å². The number of ether oxygens (including phenoxy) is 1. The third-order valence-electron chi connectivity index (χ3n) is 1.78. The molecule has 72 valence electrons. The first-order valence-electron chi connectivity index (χ1n) is 4.31. The van der Waals surface area contributed by atoms with Crippen LogP contribution < -0.4 is 10.6 Å². The molecular weight excluding hydrogens is 170 g/mol. The van der Waals surface area contributed by atoms with E-state index in [-0.39, 0.29) is 12.5 Å². The lowest BCUT2D eigenvalue weighted by molar-refractivity contribution is -0.131. The van der Waals surface area contributed by atoms with E-state index in [2.05, 4.69) is 10.6 Å². The molecule has 5 heteroatoms. The molecule has 2 N–H and O–H groups in total. The zero-order valence-corrected chi connectivity index (χ0v) is 7.38. The molecule has 1 aliphatic rings. The largest absolute Gasteiger partial charge is 0.367 e. The Hall–Kier alpha value is -1.12. The highest BCUT2D eigenvalue weighted by Gasteiger charge is 2.19. The number of hydrogen-bond donors (Lipinski definition) is 2. The number of amides is 1. The van der Waals surface area contributed by atoms with Gasteiger partial charge in [0.25, 0.3) is 5.91 Å². The standard InChI is InChI=1S/C8H13N3O2/c9-2-4-11-8(12)7-6-10-3-1-5-13-7/h7,10H,1,3-6H2,(H,11,12)/t7-/m1/s1. The lowest BCUT2D eigenvalue weighted by atomic mass is 10.3. The highest BCUT2D eigenvalue weighted by Crippen LogP contribution is 1.97. The van der Waals surface area contributed by atoms with Crippen molar-refractivity contribution in [2.75, 3.05) is 26.2 Å². The van der Waals surface area contributed by atoms with Crippen molar-refractivity contribution in [3.63, 3.8) is 0 Å². The third-order valence-corrected chi connectivity index (χ3v) is 1.78. The Labute approximate surface area is 77.1 Å². The molecule has 0 aromatic rings. The Bertz CT molecular complexity index is 204. The Morgan fingerprint density at radius 1 is 1.77 bits per heavy atom. The number of nitriles is 1. The van der Waals surface area contributed by atoms with Gasteiger partial charge in [-0.2, -0.15) is 5.26 Å². The quantitative estimate of drug-likeness (QED) is 0.539. The van der Waals surface area contributed by atoms with Gasteiger partial charge in [0.15, 0.2) is 0 Å². The fraction of sp³-hybridized carbons (Fsp3) is 0.750. The second kappa shape index (κ2) is 5.51. The normalized spacial score (nSPS) is 22.8. The smallest absolute Gasteiger partial charge is 0.251 e. The molecule has 0 aliphatic carbocycles. The number of carbonyl (C=O) groups excluding carboxylic acids is 1. The molecular formula is C8H13N3O2. The molecule has 0 bridgehead atoms. The van der Waals surface area contributed by atoms with Crippen LogP contribution in [0.4, 0.5) is 0 Å². The highest BCUT2D eigenvalue weighted by atomic mass is 16.5. The van der Waals surface area contributed by atoms with Crippen LogP contribution in [0.3, 0.4) is 0 Å². The van der Waals surface area contributed by atoms with Gasteiger partial charge in [-0.15, -0.1) is 0 Å². The fourth-order valence-corrected chi connectivity index (χ4v) is 1.12. The van der Waals surface area contributed by atoms with Crippen molar-refractivity contribution in [3.8, 4) is 6.07 Å². The summed E-state index contributed by atoms with van der Waals surface area (Å²) in [5.41, 5.74) is 0. The van der Waals surface area contributed by atoms with Crippen LogP contribution in [0.1, 0.15) is 6.42 Å². The minimum atomic E-state index is -0.448. The number of hydrogen-bond acceptors (Lipinski definition) is 4. The van der Waals surface area contributed by atoms with Crippen LogP contribution in [0.25, 0.3) is 0 Å². The van der Waals surface area contributed by atoms with Crippen molar-refractivity contribution < 1.29 is 9.53 Å². The molecule has 0 saturated carbocycles. The van der Waals surface area contributed by atoms with Gasteiger partial charge in [-0.25, -0.2) is 0 Å². The van der Waals surface area contributed by atoms with E-state index >= 15 is 0 Å². The SMILES string of the molecule is N#CCNC(=O)[C@H]1CNCCCO1. The molecule has 1 saturated heterocycles. The zero-order valence-electron chi connectivity index (χ0n) is 7.38. The monoisotopic (exact) mass is 183 g/mol. The molecule has 5 nitrogen and oxygen atoms in total. The summed E-state index contributed by atoms with van der Waals surface area (Å²) >= 11 is 0. The van der Waals surface area contributed by atoms with Crippen molar-refractivity contribution >= 4 is 5.91 Å². The summed E-state index contributed by atoms with van der Waals surface area (Å²) in [5, 5.41) is 13.8. The van der Waals surface area contributed by atoms with Crippen molar-refractivity contribution in [3.05, 3.63) is 0 Å². The van der Waals surface area contributed by atoms with Gasteiger partial charge in [-0.05, 0) is 13.0 Å². The maximum Gasteiger partial charge on any atom is 0.251 e. The molecule has 0 spiro atoms. The van der Waals surface area contributed by atoms with Crippen molar-refractivity contribution in [2.24, 2.45) is 0 Å². The summed E-state index contributed by atoms with van der Waals surface area (Å²) in [6.45, 7) is 2.04. The zero-order chi connectivity index (χ0) is 9.52. The summed E-state index contributed by atoms with van der Waals surface area (Å²) in [4.78, 5) is 11.3. The molecule has 13 heavy (non-hydrogen) atoms. The second-order valence-corrected chi connectivity index (χ2v) is 2.79. The Morgan fingerprint density at radius 2 is 2.62 bits per heavy atom. The average Bonchev–Trinajstić information content (AvgIpc) is 2.42. The summed E-state index contributed by atoms with van der Waals surface area (Å²) in [7, 11) is 0. The Morgan fingerprint density at radius 3 is 3.38 bits per heavy atom. The van der Waals surface area contributed by atoms with Gasteiger partial charge in [0, 0.05) is 13.2 Å². The summed E-state index contributed by atoms with van der Waals surface area (Å²) in [6, 6.07) is 1.85. The molecule has 1 rings (SSSR count). The van der Waals surface area contributed by atoms with Gasteiger partial charge in [-0.1, -0.05) is 0 Å². The van der Waals surface area contributed by atoms with E-state index in [0.29, 0.717) is 13.2 Å². The van der Waals surface area contributed by atoms with E-state index in [0.717, 1.165) is 13.0 Å². The van der Waals surface area contributed by atoms with Gasteiger partial charge in [0.2, 0.25) is 0 Å². The summed E-state index contributed by atoms with van der Waals surface area (Å²) in [6.07, 6.45) is 0.470. The maximum absolute atomic E-state index is 11.3. The lowest BCUT2D eigenvalue weighted by Crippen LogP contribution is -2.41. The highest BCUT2D eigenvalue weighted by molar-refractivity contribution is 5.81. The first-order valence-corrected chi connectivity index (χ1v) is 4.31. The van der Waals surface area contributed by atoms with Crippen LogP contribution in [-0.4, -0.2) is 38.3 Å². The van der Waals surface area contributed by atoms with Crippen molar-refractivity contribution in [2.45, 2.75) is 12.5 Å². The number of nitrogens with one attached hydrogen (secondary N) is 2. The first-order chi connectivity index (χ1) is 6.34. The average molecular weight is 183 g/mol. The van der Waals surface area contributed by atoms with Crippen molar-refractivity contribution in [1.29, 1.82) is 5.26 Å². The topological polar surface area (TPSA) is 74.2 Å². The van der Waals surface area contributed by atoms with Gasteiger partial charge in [0.1, 0.15) is 12.6 Å². The van der Waals surface area contributed by atoms with Crippen LogP contribution in [-0.2, 0) is 9.53 Å². The van der Waals surface area contributed by atoms with Crippen molar-refractivity contribution in [1.82, 2.24) is 10.6 Å². The predicted molar refractivity (Wildman–Crippen MR) is 45.8 cm³/mol. The number of nitrogens with zero attached hydrogens (tertiary/aromatic N) is 1. The molecule has 1 atom stereocenters. The Balaban J connectivity index is 2.31. The van der Waals surface area contributed by atoms with Gasteiger partial charge >= 0.3 is 0 Å². The van der Waals surface area contributed by atoms with E-state index in [1.165, 1.54) is 0 Å². The molecule has 0 aromatic heterocycles. The molecule has 1 fully saturated rings. The molecule has 1 heterocycles. The van der Waals surface area contributed by atoms with E-state index in [9.17, 15) is 4.79 Å². The summed E-state index contributed by atoms with van der Waals surface area (Å²) < 4.78 is 5.28. The minimum absolute atomic E-state index is 0.0404. The molecule has 0 aromatic carbocycles. The molecule has 0 radical (unpaired) electrons. The van der Waals surface area contributed by atoms with Crippen LogP contribution in [0.5, 0.6) is 0 Å². The van der Waals surface area contributed by atoms with Gasteiger partial charge < -0.3 is 15.4 Å². The van der Waals surface area contributed by atoms with Crippen LogP contribution in [0, 0.1) is 11.3 Å². The summed E-state index contributed by atoms with van der Waals surface area (Å²) in [5.74, 6) is -0.212. The Kier molecular flexibility index (Phi) is 4.23. The molecule has 0 unspecified atom stereocenters. The van der Waals surface area contributed by atoms with E-state index in [1.807, 2.05) is 6.07 Å². The van der Waals surface area contributed by atoms with Crippen LogP contribution in [0.15, 0.2) is 0 Å². The van der Waals surface area contributed by atoms with Crippen LogP contribution in [0.2, 0.25) is 0 Å². The minimum Gasteiger partial charge on any atom is -0.367 e. The first kappa shape index (κ1) is 9.96. The predicted octanol–water partition coefficient (Wildman–Crippen LogP) is -0.995. The van der Waals surface area contributed by atoms with Gasteiger partial charge in [0.05, 0.1) is 6.07 Å².